The first-order valence-electron chi connectivity index (χ1n) is 14.4. The fourth-order valence-corrected chi connectivity index (χ4v) is 5.77. The van der Waals surface area contributed by atoms with Gasteiger partial charge < -0.3 is 4.42 Å². The lowest BCUT2D eigenvalue weighted by molar-refractivity contribution is 0.670. The molecule has 0 aliphatic carbocycles. The van der Waals surface area contributed by atoms with Crippen LogP contribution in [0.1, 0.15) is 0 Å². The highest BCUT2D eigenvalue weighted by Crippen LogP contribution is 2.39. The summed E-state index contributed by atoms with van der Waals surface area (Å²) in [5.41, 5.74) is 10.9. The zero-order valence-corrected chi connectivity index (χ0v) is 23.3. The molecule has 0 fully saturated rings. The molecule has 6 aromatic carbocycles. The molecule has 0 bridgehead atoms. The summed E-state index contributed by atoms with van der Waals surface area (Å²) in [4.78, 5) is 10.1. The van der Waals surface area contributed by atoms with Crippen molar-refractivity contribution in [1.29, 1.82) is 0 Å². The normalized spacial score (nSPS) is 11.3. The van der Waals surface area contributed by atoms with E-state index in [1.54, 1.807) is 0 Å². The summed E-state index contributed by atoms with van der Waals surface area (Å²) in [7, 11) is 0. The van der Waals surface area contributed by atoms with Gasteiger partial charge in [-0.15, -0.1) is 0 Å². The second kappa shape index (κ2) is 10.6. The summed E-state index contributed by atoms with van der Waals surface area (Å²) >= 11 is 0. The van der Waals surface area contributed by atoms with E-state index in [-0.39, 0.29) is 0 Å². The molecule has 0 radical (unpaired) electrons. The maximum atomic E-state index is 6.46. The van der Waals surface area contributed by atoms with Gasteiger partial charge >= 0.3 is 0 Å². The minimum Gasteiger partial charge on any atom is -0.455 e. The fourth-order valence-electron chi connectivity index (χ4n) is 5.77. The summed E-state index contributed by atoms with van der Waals surface area (Å²) in [6.07, 6.45) is 0. The third kappa shape index (κ3) is 4.67. The monoisotopic (exact) mass is 550 g/mol. The fraction of sp³-hybridized carbons (Fsp3) is 0. The smallest absolute Gasteiger partial charge is 0.160 e. The zero-order valence-electron chi connectivity index (χ0n) is 23.3. The van der Waals surface area contributed by atoms with Crippen molar-refractivity contribution >= 4 is 21.9 Å². The van der Waals surface area contributed by atoms with Gasteiger partial charge in [0.2, 0.25) is 0 Å². The van der Waals surface area contributed by atoms with Gasteiger partial charge in [-0.25, -0.2) is 9.97 Å². The number of hydrogen-bond acceptors (Lipinski definition) is 3. The van der Waals surface area contributed by atoms with Gasteiger partial charge in [0.15, 0.2) is 5.82 Å². The largest absolute Gasteiger partial charge is 0.455 e. The molecule has 0 amide bonds. The molecule has 43 heavy (non-hydrogen) atoms. The lowest BCUT2D eigenvalue weighted by Crippen LogP contribution is -1.96. The summed E-state index contributed by atoms with van der Waals surface area (Å²) in [5.74, 6) is 0.697. The van der Waals surface area contributed by atoms with E-state index in [0.717, 1.165) is 72.3 Å². The molecule has 2 heterocycles. The van der Waals surface area contributed by atoms with Crippen molar-refractivity contribution in [2.75, 3.05) is 0 Å². The second-order valence-corrected chi connectivity index (χ2v) is 10.6. The van der Waals surface area contributed by atoms with Crippen LogP contribution in [0.25, 0.3) is 78.1 Å². The maximum Gasteiger partial charge on any atom is 0.160 e. The Balaban J connectivity index is 1.38. The van der Waals surface area contributed by atoms with Crippen molar-refractivity contribution in [2.45, 2.75) is 0 Å². The van der Waals surface area contributed by atoms with Crippen LogP contribution in [0.4, 0.5) is 0 Å². The van der Waals surface area contributed by atoms with Crippen LogP contribution in [0.15, 0.2) is 162 Å². The Labute approximate surface area is 249 Å². The van der Waals surface area contributed by atoms with Gasteiger partial charge in [-0.05, 0) is 47.0 Å². The summed E-state index contributed by atoms with van der Waals surface area (Å²) in [5, 5.41) is 2.23. The molecule has 0 atom stereocenters. The SMILES string of the molecule is c1ccc(-c2cc(-c3cc(-c4ccccc4)nc(-c4ccccc4)n3)cc(-c3cccc4c3oc3ccccc34)c2)cc1. The standard InChI is InChI=1S/C40H26N2O/c1-4-13-27(14-5-1)30-23-31(33-20-12-21-35-34-19-10-11-22-38(34)43-39(33)35)25-32(24-30)37-26-36(28-15-6-2-7-16-28)41-40(42-37)29-17-8-3-9-18-29/h1-26H. The molecule has 3 heteroatoms. The molecular weight excluding hydrogens is 524 g/mol. The van der Waals surface area contributed by atoms with E-state index in [0.29, 0.717) is 5.82 Å². The Morgan fingerprint density at radius 2 is 0.930 bits per heavy atom. The van der Waals surface area contributed by atoms with Gasteiger partial charge in [-0.2, -0.15) is 0 Å². The van der Waals surface area contributed by atoms with E-state index in [1.807, 2.05) is 54.6 Å². The topological polar surface area (TPSA) is 38.9 Å². The van der Waals surface area contributed by atoms with E-state index >= 15 is 0 Å². The molecule has 0 N–H and O–H groups in total. The Morgan fingerprint density at radius 1 is 0.372 bits per heavy atom. The van der Waals surface area contributed by atoms with Crippen LogP contribution in [0.5, 0.6) is 0 Å². The van der Waals surface area contributed by atoms with Gasteiger partial charge in [0, 0.05) is 33.0 Å². The number of aromatic nitrogens is 2. The van der Waals surface area contributed by atoms with Gasteiger partial charge in [-0.3, -0.25) is 0 Å². The summed E-state index contributed by atoms with van der Waals surface area (Å²) in [6.45, 7) is 0. The first kappa shape index (κ1) is 25.0. The molecule has 3 nitrogen and oxygen atoms in total. The highest BCUT2D eigenvalue weighted by Gasteiger charge is 2.16. The van der Waals surface area contributed by atoms with Crippen molar-refractivity contribution in [3.8, 4) is 56.2 Å². The predicted octanol–water partition coefficient (Wildman–Crippen LogP) is 10.7. The lowest BCUT2D eigenvalue weighted by atomic mass is 9.93. The molecule has 0 spiro atoms. The molecule has 0 saturated heterocycles. The number of benzene rings is 6. The third-order valence-corrected chi connectivity index (χ3v) is 7.88. The van der Waals surface area contributed by atoms with Crippen LogP contribution in [0, 0.1) is 0 Å². The van der Waals surface area contributed by atoms with Crippen LogP contribution in [0.2, 0.25) is 0 Å². The Bertz CT molecular complexity index is 2160. The van der Waals surface area contributed by atoms with E-state index in [2.05, 4.69) is 103 Å². The van der Waals surface area contributed by atoms with Gasteiger partial charge in [-0.1, -0.05) is 127 Å². The van der Waals surface area contributed by atoms with Crippen molar-refractivity contribution in [1.82, 2.24) is 9.97 Å². The van der Waals surface area contributed by atoms with Crippen LogP contribution < -0.4 is 0 Å². The van der Waals surface area contributed by atoms with Gasteiger partial charge in [0.1, 0.15) is 11.2 Å². The summed E-state index contributed by atoms with van der Waals surface area (Å²) < 4.78 is 6.46. The highest BCUT2D eigenvalue weighted by molar-refractivity contribution is 6.09. The van der Waals surface area contributed by atoms with Crippen LogP contribution in [-0.4, -0.2) is 9.97 Å². The van der Waals surface area contributed by atoms with Crippen molar-refractivity contribution in [3.63, 3.8) is 0 Å². The molecule has 0 aliphatic heterocycles. The average molecular weight is 551 g/mol. The second-order valence-electron chi connectivity index (χ2n) is 10.6. The Morgan fingerprint density at radius 3 is 1.67 bits per heavy atom. The molecule has 0 aliphatic rings. The molecule has 202 valence electrons. The van der Waals surface area contributed by atoms with Crippen molar-refractivity contribution in [3.05, 3.63) is 158 Å². The minimum absolute atomic E-state index is 0.697. The Kier molecular flexibility index (Phi) is 6.12. The Hall–Kier alpha value is -5.80. The molecule has 2 aromatic heterocycles. The number of nitrogens with zero attached hydrogens (tertiary/aromatic N) is 2. The van der Waals surface area contributed by atoms with Crippen LogP contribution in [0.3, 0.4) is 0 Å². The van der Waals surface area contributed by atoms with E-state index in [4.69, 9.17) is 14.4 Å². The average Bonchev–Trinajstić information content (AvgIpc) is 3.48. The van der Waals surface area contributed by atoms with Crippen LogP contribution in [-0.2, 0) is 0 Å². The van der Waals surface area contributed by atoms with Crippen LogP contribution >= 0.6 is 0 Å². The minimum atomic E-state index is 0.697. The highest BCUT2D eigenvalue weighted by atomic mass is 16.3. The van der Waals surface area contributed by atoms with Crippen molar-refractivity contribution in [2.24, 2.45) is 0 Å². The number of para-hydroxylation sites is 2. The van der Waals surface area contributed by atoms with E-state index in [1.165, 1.54) is 0 Å². The van der Waals surface area contributed by atoms with Gasteiger partial charge in [0.05, 0.1) is 11.4 Å². The number of rotatable bonds is 5. The van der Waals surface area contributed by atoms with E-state index in [9.17, 15) is 0 Å². The van der Waals surface area contributed by atoms with Crippen molar-refractivity contribution < 1.29 is 4.42 Å². The first-order valence-corrected chi connectivity index (χ1v) is 14.4. The lowest BCUT2D eigenvalue weighted by Gasteiger charge is -2.13. The predicted molar refractivity (Wildman–Crippen MR) is 176 cm³/mol. The van der Waals surface area contributed by atoms with Gasteiger partial charge in [0.25, 0.3) is 0 Å². The molecule has 8 rings (SSSR count). The van der Waals surface area contributed by atoms with E-state index < -0.39 is 0 Å². The molecule has 0 unspecified atom stereocenters. The molecule has 8 aromatic rings. The third-order valence-electron chi connectivity index (χ3n) is 7.88. The molecular formula is C40H26N2O. The quantitative estimate of drug-likeness (QED) is 0.214. The summed E-state index contributed by atoms with van der Waals surface area (Å²) in [6, 6.07) is 54.4. The number of hydrogen-bond donors (Lipinski definition) is 0. The molecule has 0 saturated carbocycles. The maximum absolute atomic E-state index is 6.46. The zero-order chi connectivity index (χ0) is 28.6. The number of furan rings is 1. The first-order chi connectivity index (χ1) is 21.3. The number of fused-ring (bicyclic) bond motifs is 3.